The first-order valence-corrected chi connectivity index (χ1v) is 4.96. The molecule has 0 aliphatic heterocycles. The molecule has 0 radical (unpaired) electrons. The second kappa shape index (κ2) is 4.48. The van der Waals surface area contributed by atoms with Gasteiger partial charge in [-0.05, 0) is 12.1 Å². The molecule has 0 saturated heterocycles. The smallest absolute Gasteiger partial charge is 0.377 e. The number of H-pyrrole nitrogens is 1. The predicted molar refractivity (Wildman–Crippen MR) is 57.4 cm³/mol. The Morgan fingerprint density at radius 1 is 1.24 bits per heavy atom. The van der Waals surface area contributed by atoms with Crippen molar-refractivity contribution < 1.29 is 13.2 Å². The number of anilines is 1. The number of nitrogens with zero attached hydrogens (tertiary/aromatic N) is 1. The fraction of sp³-hybridized carbons (Fsp3) is 0.182. The first kappa shape index (κ1) is 11.5. The van der Waals surface area contributed by atoms with Gasteiger partial charge in [0.25, 0.3) is 0 Å². The van der Waals surface area contributed by atoms with Crippen LogP contribution in [0.15, 0.2) is 36.7 Å². The molecule has 0 unspecified atom stereocenters. The van der Waals surface area contributed by atoms with E-state index in [1.54, 1.807) is 18.5 Å². The summed E-state index contributed by atoms with van der Waals surface area (Å²) < 4.78 is 38.0. The maximum atomic E-state index is 12.7. The van der Waals surface area contributed by atoms with E-state index >= 15 is 0 Å². The molecule has 0 fully saturated rings. The number of aromatic nitrogens is 2. The van der Waals surface area contributed by atoms with E-state index in [1.165, 1.54) is 12.1 Å². The Morgan fingerprint density at radius 2 is 2.00 bits per heavy atom. The number of halogens is 3. The van der Waals surface area contributed by atoms with Crippen LogP contribution in [-0.4, -0.2) is 9.97 Å². The lowest BCUT2D eigenvalue weighted by atomic mass is 10.1. The first-order valence-electron chi connectivity index (χ1n) is 4.96. The van der Waals surface area contributed by atoms with Crippen LogP contribution in [0.25, 0.3) is 0 Å². The lowest BCUT2D eigenvalue weighted by molar-refractivity contribution is -0.136. The maximum Gasteiger partial charge on any atom is 0.418 e. The van der Waals surface area contributed by atoms with Crippen molar-refractivity contribution in [2.75, 3.05) is 5.32 Å². The molecule has 90 valence electrons. The Bertz CT molecular complexity index is 477. The summed E-state index contributed by atoms with van der Waals surface area (Å²) in [5.41, 5.74) is -0.622. The summed E-state index contributed by atoms with van der Waals surface area (Å²) in [6.45, 7) is 0.222. The molecule has 0 saturated carbocycles. The van der Waals surface area contributed by atoms with E-state index in [0.717, 1.165) is 6.07 Å². The van der Waals surface area contributed by atoms with Crippen LogP contribution >= 0.6 is 0 Å². The number of aromatic amines is 1. The Labute approximate surface area is 95.7 Å². The number of benzene rings is 1. The van der Waals surface area contributed by atoms with Crippen LogP contribution < -0.4 is 5.32 Å². The minimum Gasteiger partial charge on any atom is -0.377 e. The third-order valence-corrected chi connectivity index (χ3v) is 2.23. The average molecular weight is 241 g/mol. The highest BCUT2D eigenvalue weighted by atomic mass is 19.4. The Hall–Kier alpha value is -1.98. The zero-order valence-electron chi connectivity index (χ0n) is 8.75. The van der Waals surface area contributed by atoms with Gasteiger partial charge in [-0.15, -0.1) is 0 Å². The van der Waals surface area contributed by atoms with Crippen LogP contribution in [0, 0.1) is 0 Å². The molecular formula is C11H10F3N3. The molecule has 1 aromatic carbocycles. The number of alkyl halides is 3. The fourth-order valence-electron chi connectivity index (χ4n) is 1.46. The number of rotatable bonds is 3. The highest BCUT2D eigenvalue weighted by molar-refractivity contribution is 5.52. The summed E-state index contributed by atoms with van der Waals surface area (Å²) in [6.07, 6.45) is -1.19. The zero-order valence-corrected chi connectivity index (χ0v) is 8.75. The highest BCUT2D eigenvalue weighted by Gasteiger charge is 2.32. The SMILES string of the molecule is FC(F)(F)c1ccccc1NCc1ncc[nH]1. The second-order valence-electron chi connectivity index (χ2n) is 3.43. The van der Waals surface area contributed by atoms with Crippen molar-refractivity contribution in [3.63, 3.8) is 0 Å². The minimum absolute atomic E-state index is 0.0522. The molecule has 2 rings (SSSR count). The first-order chi connectivity index (χ1) is 8.07. The van der Waals surface area contributed by atoms with Crippen molar-refractivity contribution >= 4 is 5.69 Å². The Morgan fingerprint density at radius 3 is 2.65 bits per heavy atom. The third-order valence-electron chi connectivity index (χ3n) is 2.23. The van der Waals surface area contributed by atoms with Crippen molar-refractivity contribution in [1.82, 2.24) is 9.97 Å². The third kappa shape index (κ3) is 2.77. The molecule has 1 aromatic heterocycles. The van der Waals surface area contributed by atoms with Gasteiger partial charge in [0, 0.05) is 18.1 Å². The molecule has 0 amide bonds. The van der Waals surface area contributed by atoms with E-state index in [4.69, 9.17) is 0 Å². The minimum atomic E-state index is -4.35. The molecule has 2 aromatic rings. The van der Waals surface area contributed by atoms with E-state index < -0.39 is 11.7 Å². The van der Waals surface area contributed by atoms with Gasteiger partial charge in [-0.2, -0.15) is 13.2 Å². The van der Waals surface area contributed by atoms with Gasteiger partial charge in [0.1, 0.15) is 5.82 Å². The summed E-state index contributed by atoms with van der Waals surface area (Å²) in [5.74, 6) is 0.585. The van der Waals surface area contributed by atoms with E-state index in [1.807, 2.05) is 0 Å². The summed E-state index contributed by atoms with van der Waals surface area (Å²) in [4.78, 5) is 6.73. The molecular weight excluding hydrogens is 231 g/mol. The van der Waals surface area contributed by atoms with E-state index in [-0.39, 0.29) is 12.2 Å². The van der Waals surface area contributed by atoms with Crippen molar-refractivity contribution in [2.45, 2.75) is 12.7 Å². The van der Waals surface area contributed by atoms with Gasteiger partial charge >= 0.3 is 6.18 Å². The Balaban J connectivity index is 2.16. The molecule has 3 nitrogen and oxygen atoms in total. The number of imidazole rings is 1. The van der Waals surface area contributed by atoms with Gasteiger partial charge in [0.15, 0.2) is 0 Å². The van der Waals surface area contributed by atoms with Crippen molar-refractivity contribution in [1.29, 1.82) is 0 Å². The molecule has 0 spiro atoms. The molecule has 6 heteroatoms. The number of nitrogens with one attached hydrogen (secondary N) is 2. The number of hydrogen-bond acceptors (Lipinski definition) is 2. The lowest BCUT2D eigenvalue weighted by Gasteiger charge is -2.13. The summed E-state index contributed by atoms with van der Waals surface area (Å²) in [5, 5.41) is 2.71. The van der Waals surface area contributed by atoms with Crippen LogP contribution in [0.5, 0.6) is 0 Å². The van der Waals surface area contributed by atoms with Crippen molar-refractivity contribution in [3.05, 3.63) is 48.0 Å². The van der Waals surface area contributed by atoms with Gasteiger partial charge in [-0.25, -0.2) is 4.98 Å². The fourth-order valence-corrected chi connectivity index (χ4v) is 1.46. The topological polar surface area (TPSA) is 40.7 Å². The van der Waals surface area contributed by atoms with E-state index in [2.05, 4.69) is 15.3 Å². The number of hydrogen-bond donors (Lipinski definition) is 2. The van der Waals surface area contributed by atoms with Crippen LogP contribution in [0.2, 0.25) is 0 Å². The highest BCUT2D eigenvalue weighted by Crippen LogP contribution is 2.34. The zero-order chi connectivity index (χ0) is 12.3. The quantitative estimate of drug-likeness (QED) is 0.867. The molecule has 2 N–H and O–H groups in total. The Kier molecular flexibility index (Phi) is 3.03. The van der Waals surface area contributed by atoms with Gasteiger partial charge in [0.2, 0.25) is 0 Å². The monoisotopic (exact) mass is 241 g/mol. The summed E-state index contributed by atoms with van der Waals surface area (Å²) >= 11 is 0. The lowest BCUT2D eigenvalue weighted by Crippen LogP contribution is -2.11. The molecule has 17 heavy (non-hydrogen) atoms. The van der Waals surface area contributed by atoms with Crippen LogP contribution in [0.3, 0.4) is 0 Å². The summed E-state index contributed by atoms with van der Waals surface area (Å²) in [7, 11) is 0. The molecule has 0 aliphatic rings. The molecule has 0 bridgehead atoms. The van der Waals surface area contributed by atoms with Crippen LogP contribution in [0.1, 0.15) is 11.4 Å². The molecule has 0 aliphatic carbocycles. The van der Waals surface area contributed by atoms with Gasteiger partial charge in [0.05, 0.1) is 12.1 Å². The standard InChI is InChI=1S/C11H10F3N3/c12-11(13,14)8-3-1-2-4-9(8)17-7-10-15-5-6-16-10/h1-6,17H,7H2,(H,15,16). The second-order valence-corrected chi connectivity index (χ2v) is 3.43. The predicted octanol–water partition coefficient (Wildman–Crippen LogP) is 3.04. The van der Waals surface area contributed by atoms with Crippen LogP contribution in [0.4, 0.5) is 18.9 Å². The van der Waals surface area contributed by atoms with Crippen LogP contribution in [-0.2, 0) is 12.7 Å². The number of para-hydroxylation sites is 1. The molecule has 1 heterocycles. The van der Waals surface area contributed by atoms with Crippen molar-refractivity contribution in [2.24, 2.45) is 0 Å². The van der Waals surface area contributed by atoms with Gasteiger partial charge in [-0.1, -0.05) is 12.1 Å². The largest absolute Gasteiger partial charge is 0.418 e. The van der Waals surface area contributed by atoms with Gasteiger partial charge < -0.3 is 10.3 Å². The maximum absolute atomic E-state index is 12.7. The molecule has 0 atom stereocenters. The average Bonchev–Trinajstić information content (AvgIpc) is 2.78. The van der Waals surface area contributed by atoms with Crippen molar-refractivity contribution in [3.8, 4) is 0 Å². The van der Waals surface area contributed by atoms with E-state index in [9.17, 15) is 13.2 Å². The van der Waals surface area contributed by atoms with Gasteiger partial charge in [-0.3, -0.25) is 0 Å². The summed E-state index contributed by atoms with van der Waals surface area (Å²) in [6, 6.07) is 5.36. The van der Waals surface area contributed by atoms with E-state index in [0.29, 0.717) is 5.82 Å². The normalized spacial score (nSPS) is 11.5.